The number of carbonyl (C=O) groups is 1. The van der Waals surface area contributed by atoms with Crippen LogP contribution in [-0.2, 0) is 25.4 Å². The molecule has 2 bridgehead atoms. The summed E-state index contributed by atoms with van der Waals surface area (Å²) in [5.74, 6) is 0.0797. The van der Waals surface area contributed by atoms with Gasteiger partial charge in [0.05, 0.1) is 5.57 Å². The van der Waals surface area contributed by atoms with Gasteiger partial charge in [0.1, 0.15) is 22.9 Å². The molecule has 0 radical (unpaired) electrons. The van der Waals surface area contributed by atoms with Crippen molar-refractivity contribution in [3.05, 3.63) is 41.2 Å². The van der Waals surface area contributed by atoms with E-state index in [9.17, 15) is 4.79 Å². The fraction of sp³-hybridized carbons (Fsp3) is 0.600. The van der Waals surface area contributed by atoms with Crippen molar-refractivity contribution in [2.75, 3.05) is 7.11 Å². The molecule has 1 aliphatic carbocycles. The predicted octanol–water partition coefficient (Wildman–Crippen LogP) is 2.51. The molecular formula is C20H23NO4. The number of carbonyl (C=O) groups excluding carboxylic acids is 1. The van der Waals surface area contributed by atoms with Crippen LogP contribution in [0.4, 0.5) is 0 Å². The molecule has 3 fully saturated rings. The summed E-state index contributed by atoms with van der Waals surface area (Å²) in [6.45, 7) is 4.01. The molecule has 4 aliphatic rings. The van der Waals surface area contributed by atoms with Gasteiger partial charge in [-0.2, -0.15) is 0 Å². The van der Waals surface area contributed by atoms with E-state index in [-0.39, 0.29) is 12.1 Å². The van der Waals surface area contributed by atoms with E-state index in [2.05, 4.69) is 11.1 Å². The first-order valence-corrected chi connectivity index (χ1v) is 9.04. The van der Waals surface area contributed by atoms with Crippen LogP contribution in [0.25, 0.3) is 0 Å². The molecule has 2 unspecified atom stereocenters. The minimum Gasteiger partial charge on any atom is -0.455 e. The van der Waals surface area contributed by atoms with Crippen molar-refractivity contribution in [3.8, 4) is 0 Å². The van der Waals surface area contributed by atoms with Crippen LogP contribution >= 0.6 is 0 Å². The summed E-state index contributed by atoms with van der Waals surface area (Å²) in [5, 5.41) is 0. The Morgan fingerprint density at radius 2 is 2.20 bits per heavy atom. The van der Waals surface area contributed by atoms with Crippen LogP contribution in [-0.4, -0.2) is 41.0 Å². The lowest BCUT2D eigenvalue weighted by atomic mass is 9.75. The molecular weight excluding hydrogens is 318 g/mol. The maximum absolute atomic E-state index is 12.4. The summed E-state index contributed by atoms with van der Waals surface area (Å²) < 4.78 is 18.4. The molecule has 132 valence electrons. The number of hydrogen-bond donors (Lipinski definition) is 0. The molecule has 2 saturated heterocycles. The van der Waals surface area contributed by atoms with Gasteiger partial charge in [0.15, 0.2) is 0 Å². The highest BCUT2D eigenvalue weighted by atomic mass is 16.6. The Labute approximate surface area is 147 Å². The normalized spacial score (nSPS) is 43.8. The number of esters is 1. The molecule has 3 aliphatic heterocycles. The lowest BCUT2D eigenvalue weighted by Crippen LogP contribution is -2.59. The molecule has 0 aromatic carbocycles. The van der Waals surface area contributed by atoms with E-state index in [4.69, 9.17) is 14.2 Å². The van der Waals surface area contributed by atoms with Crippen LogP contribution in [0.5, 0.6) is 0 Å². The second-order valence-electron chi connectivity index (χ2n) is 8.12. The molecule has 1 aromatic rings. The van der Waals surface area contributed by atoms with Crippen molar-refractivity contribution in [3.63, 3.8) is 0 Å². The van der Waals surface area contributed by atoms with Crippen LogP contribution in [0.2, 0.25) is 0 Å². The van der Waals surface area contributed by atoms with E-state index >= 15 is 0 Å². The Balaban J connectivity index is 1.64. The van der Waals surface area contributed by atoms with Crippen LogP contribution in [0.3, 0.4) is 0 Å². The highest BCUT2D eigenvalue weighted by Crippen LogP contribution is 2.65. The molecule has 1 aromatic heterocycles. The van der Waals surface area contributed by atoms with Gasteiger partial charge in [-0.3, -0.25) is 4.98 Å². The number of pyridine rings is 1. The fourth-order valence-corrected chi connectivity index (χ4v) is 5.50. The first-order valence-electron chi connectivity index (χ1n) is 9.04. The number of rotatable bonds is 3. The maximum Gasteiger partial charge on any atom is 0.337 e. The van der Waals surface area contributed by atoms with Crippen LogP contribution in [0.1, 0.15) is 37.4 Å². The SMILES string of the molecule is CO[C@@]1(C)C=C2C(=O)O[C@@H]3CCC4CC1(Cc1ccc(C)nc1)O[C@]243. The van der Waals surface area contributed by atoms with E-state index in [0.29, 0.717) is 17.9 Å². The van der Waals surface area contributed by atoms with Crippen molar-refractivity contribution in [1.29, 1.82) is 0 Å². The maximum atomic E-state index is 12.4. The topological polar surface area (TPSA) is 57.7 Å². The van der Waals surface area contributed by atoms with Gasteiger partial charge in [0.25, 0.3) is 0 Å². The third-order valence-corrected chi connectivity index (χ3v) is 6.90. The van der Waals surface area contributed by atoms with Gasteiger partial charge in [0, 0.05) is 25.4 Å². The molecule has 1 spiro atoms. The molecule has 0 amide bonds. The van der Waals surface area contributed by atoms with Crippen molar-refractivity contribution in [2.24, 2.45) is 5.92 Å². The lowest BCUT2D eigenvalue weighted by molar-refractivity contribution is -0.202. The smallest absolute Gasteiger partial charge is 0.337 e. The van der Waals surface area contributed by atoms with Crippen molar-refractivity contribution in [2.45, 2.75) is 62.4 Å². The Morgan fingerprint density at radius 1 is 1.36 bits per heavy atom. The summed E-state index contributed by atoms with van der Waals surface area (Å²) in [7, 11) is 1.69. The molecule has 5 atom stereocenters. The number of aromatic nitrogens is 1. The van der Waals surface area contributed by atoms with Crippen LogP contribution < -0.4 is 0 Å². The quantitative estimate of drug-likeness (QED) is 0.791. The third-order valence-electron chi connectivity index (χ3n) is 6.90. The summed E-state index contributed by atoms with van der Waals surface area (Å²) in [6, 6.07) is 4.13. The highest BCUT2D eigenvalue weighted by molar-refractivity contribution is 5.95. The predicted molar refractivity (Wildman–Crippen MR) is 89.9 cm³/mol. The average molecular weight is 341 g/mol. The molecule has 1 saturated carbocycles. The average Bonchev–Trinajstić information content (AvgIpc) is 3.15. The summed E-state index contributed by atoms with van der Waals surface area (Å²) >= 11 is 0. The van der Waals surface area contributed by atoms with Gasteiger partial charge in [-0.05, 0) is 56.7 Å². The minimum atomic E-state index is -0.670. The zero-order valence-corrected chi connectivity index (χ0v) is 14.9. The van der Waals surface area contributed by atoms with Gasteiger partial charge < -0.3 is 14.2 Å². The van der Waals surface area contributed by atoms with Gasteiger partial charge in [-0.15, -0.1) is 0 Å². The standard InChI is InChI=1S/C20H23NO4/c1-12-4-5-13(11-21-12)8-19-9-14-6-7-16-20(14,25-19)15(17(22)24-16)10-18(19,2)23-3/h4-5,10-11,14,16H,6-9H2,1-3H3/t14?,16-,18+,19?,20+/m1/s1. The van der Waals surface area contributed by atoms with Crippen molar-refractivity contribution < 1.29 is 19.0 Å². The van der Waals surface area contributed by atoms with E-state index in [1.165, 1.54) is 0 Å². The van der Waals surface area contributed by atoms with E-state index < -0.39 is 16.8 Å². The fourth-order valence-electron chi connectivity index (χ4n) is 5.50. The monoisotopic (exact) mass is 341 g/mol. The Morgan fingerprint density at radius 3 is 2.92 bits per heavy atom. The van der Waals surface area contributed by atoms with Crippen molar-refractivity contribution >= 4 is 5.97 Å². The third kappa shape index (κ3) is 1.75. The van der Waals surface area contributed by atoms with Gasteiger partial charge in [0.2, 0.25) is 0 Å². The second kappa shape index (κ2) is 4.71. The van der Waals surface area contributed by atoms with Crippen molar-refractivity contribution in [1.82, 2.24) is 4.98 Å². The van der Waals surface area contributed by atoms with E-state index in [0.717, 1.165) is 30.5 Å². The van der Waals surface area contributed by atoms with Gasteiger partial charge >= 0.3 is 5.97 Å². The summed E-state index contributed by atoms with van der Waals surface area (Å²) in [5.41, 5.74) is 1.08. The highest BCUT2D eigenvalue weighted by Gasteiger charge is 2.75. The molecule has 5 heteroatoms. The zero-order chi connectivity index (χ0) is 17.4. The van der Waals surface area contributed by atoms with Gasteiger partial charge in [-0.1, -0.05) is 6.07 Å². The largest absolute Gasteiger partial charge is 0.455 e. The molecule has 5 rings (SSSR count). The minimum absolute atomic E-state index is 0.143. The van der Waals surface area contributed by atoms with E-state index in [1.807, 2.05) is 32.2 Å². The van der Waals surface area contributed by atoms with E-state index in [1.54, 1.807) is 7.11 Å². The Bertz CT molecular complexity index is 787. The van der Waals surface area contributed by atoms with Gasteiger partial charge in [-0.25, -0.2) is 4.79 Å². The first kappa shape index (κ1) is 15.5. The summed E-state index contributed by atoms with van der Waals surface area (Å²) in [6.07, 6.45) is 7.28. The number of nitrogens with zero attached hydrogens (tertiary/aromatic N) is 1. The summed E-state index contributed by atoms with van der Waals surface area (Å²) in [4.78, 5) is 16.9. The lowest BCUT2D eigenvalue weighted by Gasteiger charge is -2.48. The second-order valence-corrected chi connectivity index (χ2v) is 8.12. The number of ether oxygens (including phenoxy) is 3. The van der Waals surface area contributed by atoms with Crippen LogP contribution in [0.15, 0.2) is 30.0 Å². The molecule has 25 heavy (non-hydrogen) atoms. The number of fused-ring (bicyclic) bond motifs is 1. The zero-order valence-electron chi connectivity index (χ0n) is 14.9. The van der Waals surface area contributed by atoms with Crippen LogP contribution in [0, 0.1) is 12.8 Å². The first-order chi connectivity index (χ1) is 11.9. The Kier molecular flexibility index (Phi) is 2.93. The molecule has 0 N–H and O–H groups in total. The number of aryl methyl sites for hydroxylation is 1. The molecule has 5 nitrogen and oxygen atoms in total. The number of hydrogen-bond acceptors (Lipinski definition) is 5. The Hall–Kier alpha value is -1.72. The molecule has 4 heterocycles. The number of methoxy groups -OCH3 is 1.